The van der Waals surface area contributed by atoms with E-state index in [0.717, 1.165) is 33.0 Å². The largest absolute Gasteiger partial charge is 0.497 e. The van der Waals surface area contributed by atoms with Crippen molar-refractivity contribution >= 4 is 22.7 Å². The number of para-hydroxylation sites is 1. The minimum atomic E-state index is 0.643. The number of hydrogen-bond donors (Lipinski definition) is 0. The van der Waals surface area contributed by atoms with E-state index in [-0.39, 0.29) is 0 Å². The van der Waals surface area contributed by atoms with Crippen LogP contribution in [0.2, 0.25) is 0 Å². The monoisotopic (exact) mass is 430 g/mol. The molecule has 4 rings (SSSR count). The van der Waals surface area contributed by atoms with Gasteiger partial charge in [0.05, 0.1) is 31.9 Å². The number of ether oxygens (including phenoxy) is 3. The van der Waals surface area contributed by atoms with Gasteiger partial charge in [0.1, 0.15) is 5.75 Å². The van der Waals surface area contributed by atoms with E-state index in [0.29, 0.717) is 16.6 Å². The summed E-state index contributed by atoms with van der Waals surface area (Å²) < 4.78 is 16.2. The van der Waals surface area contributed by atoms with Crippen molar-refractivity contribution in [1.29, 1.82) is 0 Å². The van der Waals surface area contributed by atoms with Gasteiger partial charge in [-0.1, -0.05) is 47.7 Å². The SMILES string of the molecule is COc1ccc(-c2nc(N=Cc3cccc(OC)c3OC)sc2-c2ccccc2)cc1. The van der Waals surface area contributed by atoms with Crippen LogP contribution in [0.25, 0.3) is 21.7 Å². The molecule has 0 aliphatic heterocycles. The summed E-state index contributed by atoms with van der Waals surface area (Å²) in [5.74, 6) is 2.11. The van der Waals surface area contributed by atoms with Crippen molar-refractivity contribution in [3.05, 3.63) is 78.4 Å². The Morgan fingerprint density at radius 3 is 2.23 bits per heavy atom. The van der Waals surface area contributed by atoms with Gasteiger partial charge in [-0.3, -0.25) is 0 Å². The Morgan fingerprint density at radius 2 is 1.55 bits per heavy atom. The topological polar surface area (TPSA) is 52.9 Å². The molecule has 0 amide bonds. The molecule has 156 valence electrons. The van der Waals surface area contributed by atoms with E-state index in [2.05, 4.69) is 17.1 Å². The van der Waals surface area contributed by atoms with E-state index >= 15 is 0 Å². The Labute approximate surface area is 185 Å². The second kappa shape index (κ2) is 9.45. The van der Waals surface area contributed by atoms with Crippen molar-refractivity contribution in [2.45, 2.75) is 0 Å². The molecule has 0 fully saturated rings. The smallest absolute Gasteiger partial charge is 0.210 e. The fourth-order valence-electron chi connectivity index (χ4n) is 3.23. The van der Waals surface area contributed by atoms with E-state index in [1.807, 2.05) is 60.7 Å². The molecule has 0 unspecified atom stereocenters. The van der Waals surface area contributed by atoms with E-state index < -0.39 is 0 Å². The zero-order chi connectivity index (χ0) is 21.6. The van der Waals surface area contributed by atoms with Crippen molar-refractivity contribution in [2.75, 3.05) is 21.3 Å². The summed E-state index contributed by atoms with van der Waals surface area (Å²) in [7, 11) is 4.90. The molecule has 4 aromatic rings. The second-order valence-electron chi connectivity index (χ2n) is 6.61. The highest BCUT2D eigenvalue weighted by atomic mass is 32.1. The summed E-state index contributed by atoms with van der Waals surface area (Å²) in [6, 6.07) is 23.8. The van der Waals surface area contributed by atoms with E-state index in [4.69, 9.17) is 19.2 Å². The lowest BCUT2D eigenvalue weighted by molar-refractivity contribution is 0.354. The van der Waals surface area contributed by atoms with Gasteiger partial charge in [0.2, 0.25) is 5.13 Å². The predicted molar refractivity (Wildman–Crippen MR) is 126 cm³/mol. The average molecular weight is 431 g/mol. The third kappa shape index (κ3) is 4.44. The van der Waals surface area contributed by atoms with Gasteiger partial charge in [0.25, 0.3) is 0 Å². The molecular weight excluding hydrogens is 408 g/mol. The normalized spacial score (nSPS) is 10.9. The molecular formula is C25H22N2O3S. The quantitative estimate of drug-likeness (QED) is 0.325. The van der Waals surface area contributed by atoms with E-state index in [1.165, 1.54) is 0 Å². The van der Waals surface area contributed by atoms with Gasteiger partial charge in [-0.05, 0) is 42.0 Å². The first-order chi connectivity index (χ1) is 15.2. The molecule has 0 aliphatic carbocycles. The second-order valence-corrected chi connectivity index (χ2v) is 7.59. The maximum atomic E-state index is 5.50. The molecule has 0 bridgehead atoms. The average Bonchev–Trinajstić information content (AvgIpc) is 3.27. The van der Waals surface area contributed by atoms with E-state index in [1.54, 1.807) is 38.9 Å². The highest BCUT2D eigenvalue weighted by Crippen LogP contribution is 2.40. The number of aliphatic imine (C=N–C) groups is 1. The van der Waals surface area contributed by atoms with Crippen molar-refractivity contribution < 1.29 is 14.2 Å². The zero-order valence-corrected chi connectivity index (χ0v) is 18.3. The first-order valence-electron chi connectivity index (χ1n) is 9.69. The number of thiazole rings is 1. The molecule has 0 aliphatic rings. The van der Waals surface area contributed by atoms with Gasteiger partial charge in [0.15, 0.2) is 11.5 Å². The lowest BCUT2D eigenvalue weighted by atomic mass is 10.1. The van der Waals surface area contributed by atoms with Crippen LogP contribution in [-0.2, 0) is 0 Å². The minimum absolute atomic E-state index is 0.643. The van der Waals surface area contributed by atoms with E-state index in [9.17, 15) is 0 Å². The third-order valence-electron chi connectivity index (χ3n) is 4.76. The summed E-state index contributed by atoms with van der Waals surface area (Å²) in [6.45, 7) is 0. The molecule has 6 heteroatoms. The third-order valence-corrected chi connectivity index (χ3v) is 5.78. The fraction of sp³-hybridized carbons (Fsp3) is 0.120. The predicted octanol–water partition coefficient (Wildman–Crippen LogP) is 6.25. The molecule has 1 heterocycles. The number of nitrogens with zero attached hydrogens (tertiary/aromatic N) is 2. The summed E-state index contributed by atoms with van der Waals surface area (Å²) in [4.78, 5) is 10.5. The lowest BCUT2D eigenvalue weighted by Gasteiger charge is -2.09. The Kier molecular flexibility index (Phi) is 6.29. The number of rotatable bonds is 7. The Balaban J connectivity index is 1.76. The first kappa shape index (κ1) is 20.6. The Bertz CT molecular complexity index is 1190. The lowest BCUT2D eigenvalue weighted by Crippen LogP contribution is -1.94. The van der Waals surface area contributed by atoms with Gasteiger partial charge >= 0.3 is 0 Å². The Morgan fingerprint density at radius 1 is 0.774 bits per heavy atom. The van der Waals surface area contributed by atoms with Gasteiger partial charge in [-0.2, -0.15) is 0 Å². The van der Waals surface area contributed by atoms with Gasteiger partial charge in [0, 0.05) is 17.3 Å². The molecule has 5 nitrogen and oxygen atoms in total. The Hall–Kier alpha value is -3.64. The van der Waals surface area contributed by atoms with Crippen LogP contribution in [0.15, 0.2) is 77.8 Å². The summed E-state index contributed by atoms with van der Waals surface area (Å²) in [6.07, 6.45) is 1.76. The zero-order valence-electron chi connectivity index (χ0n) is 17.5. The molecule has 31 heavy (non-hydrogen) atoms. The standard InChI is InChI=1S/C25H22N2O3S/c1-28-20-14-12-17(13-15-20)22-24(18-8-5-4-6-9-18)31-25(27-22)26-16-19-10-7-11-21(29-2)23(19)30-3/h4-16H,1-3H3. The van der Waals surface area contributed by atoms with Crippen LogP contribution in [0, 0.1) is 0 Å². The van der Waals surface area contributed by atoms with Crippen LogP contribution in [0.5, 0.6) is 17.2 Å². The molecule has 0 spiro atoms. The number of aromatic nitrogens is 1. The highest BCUT2D eigenvalue weighted by Gasteiger charge is 2.15. The fourth-order valence-corrected chi connectivity index (χ4v) is 4.17. The van der Waals surface area contributed by atoms with Crippen molar-refractivity contribution in [2.24, 2.45) is 4.99 Å². The molecule has 0 N–H and O–H groups in total. The molecule has 0 saturated heterocycles. The molecule has 0 saturated carbocycles. The maximum Gasteiger partial charge on any atom is 0.210 e. The molecule has 1 aromatic heterocycles. The minimum Gasteiger partial charge on any atom is -0.497 e. The van der Waals surface area contributed by atoms with Gasteiger partial charge in [-0.25, -0.2) is 9.98 Å². The number of hydrogen-bond acceptors (Lipinski definition) is 6. The van der Waals surface area contributed by atoms with Crippen molar-refractivity contribution in [1.82, 2.24) is 4.98 Å². The van der Waals surface area contributed by atoms with Gasteiger partial charge < -0.3 is 14.2 Å². The van der Waals surface area contributed by atoms with Crippen LogP contribution in [0.4, 0.5) is 5.13 Å². The number of methoxy groups -OCH3 is 3. The van der Waals surface area contributed by atoms with Crippen LogP contribution in [0.3, 0.4) is 0 Å². The van der Waals surface area contributed by atoms with Gasteiger partial charge in [-0.15, -0.1) is 0 Å². The molecule has 0 atom stereocenters. The van der Waals surface area contributed by atoms with Crippen LogP contribution in [0.1, 0.15) is 5.56 Å². The van der Waals surface area contributed by atoms with Crippen molar-refractivity contribution in [3.63, 3.8) is 0 Å². The highest BCUT2D eigenvalue weighted by molar-refractivity contribution is 7.19. The summed E-state index contributed by atoms with van der Waals surface area (Å²) in [5.41, 5.74) is 3.83. The van der Waals surface area contributed by atoms with Crippen LogP contribution in [-0.4, -0.2) is 32.5 Å². The van der Waals surface area contributed by atoms with Crippen LogP contribution >= 0.6 is 11.3 Å². The molecule has 0 radical (unpaired) electrons. The maximum absolute atomic E-state index is 5.50. The van der Waals surface area contributed by atoms with Crippen molar-refractivity contribution in [3.8, 4) is 38.9 Å². The molecule has 3 aromatic carbocycles. The summed E-state index contributed by atoms with van der Waals surface area (Å²) in [5, 5.41) is 0.662. The first-order valence-corrected chi connectivity index (χ1v) is 10.5. The summed E-state index contributed by atoms with van der Waals surface area (Å²) >= 11 is 1.55. The number of benzene rings is 3. The van der Waals surface area contributed by atoms with Crippen LogP contribution < -0.4 is 14.2 Å².